The van der Waals surface area contributed by atoms with Crippen molar-refractivity contribution in [1.29, 1.82) is 0 Å². The van der Waals surface area contributed by atoms with Crippen LogP contribution in [0.4, 0.5) is 5.69 Å². The minimum atomic E-state index is 0.0242. The number of carbonyl (C=O) groups is 1. The van der Waals surface area contributed by atoms with Crippen molar-refractivity contribution >= 4 is 11.6 Å². The summed E-state index contributed by atoms with van der Waals surface area (Å²) in [6.07, 6.45) is 0.0937. The molecule has 1 aliphatic rings. The first-order valence-electron chi connectivity index (χ1n) is 6.42. The second-order valence-corrected chi connectivity index (χ2v) is 4.60. The Labute approximate surface area is 113 Å². The number of hydrogen-bond acceptors (Lipinski definition) is 4. The monoisotopic (exact) mass is 264 g/mol. The second-order valence-electron chi connectivity index (χ2n) is 4.60. The largest absolute Gasteiger partial charge is 0.495 e. The van der Waals surface area contributed by atoms with Gasteiger partial charge in [0.15, 0.2) is 0 Å². The van der Waals surface area contributed by atoms with Crippen molar-refractivity contribution in [1.82, 2.24) is 4.90 Å². The zero-order valence-corrected chi connectivity index (χ0v) is 11.6. The van der Waals surface area contributed by atoms with Crippen LogP contribution in [0.5, 0.6) is 5.75 Å². The van der Waals surface area contributed by atoms with Crippen LogP contribution in [0.15, 0.2) is 18.2 Å². The molecule has 0 aromatic heterocycles. The van der Waals surface area contributed by atoms with Crippen LogP contribution < -0.4 is 10.1 Å². The third-order valence-corrected chi connectivity index (χ3v) is 3.25. The molecule has 0 bridgehead atoms. The molecule has 2 rings (SSSR count). The van der Waals surface area contributed by atoms with Crippen molar-refractivity contribution in [3.05, 3.63) is 23.8 Å². The Morgan fingerprint density at radius 3 is 2.95 bits per heavy atom. The Bertz CT molecular complexity index is 462. The molecule has 19 heavy (non-hydrogen) atoms. The lowest BCUT2D eigenvalue weighted by Gasteiger charge is -2.31. The highest BCUT2D eigenvalue weighted by molar-refractivity contribution is 5.95. The van der Waals surface area contributed by atoms with Gasteiger partial charge >= 0.3 is 0 Å². The molecule has 5 nitrogen and oxygen atoms in total. The Hall–Kier alpha value is -1.75. The van der Waals surface area contributed by atoms with E-state index in [2.05, 4.69) is 5.32 Å². The Kier molecular flexibility index (Phi) is 4.27. The third-order valence-electron chi connectivity index (χ3n) is 3.25. The van der Waals surface area contributed by atoms with Crippen LogP contribution in [0.25, 0.3) is 0 Å². The van der Waals surface area contributed by atoms with Crippen molar-refractivity contribution in [2.75, 3.05) is 39.2 Å². The zero-order valence-electron chi connectivity index (χ0n) is 11.6. The number of rotatable bonds is 3. The smallest absolute Gasteiger partial charge is 0.254 e. The highest BCUT2D eigenvalue weighted by atomic mass is 16.5. The van der Waals surface area contributed by atoms with Gasteiger partial charge in [-0.15, -0.1) is 0 Å². The predicted molar refractivity (Wildman–Crippen MR) is 73.9 cm³/mol. The van der Waals surface area contributed by atoms with E-state index in [1.54, 1.807) is 13.2 Å². The predicted octanol–water partition coefficient (Wildman–Crippen LogP) is 1.60. The summed E-state index contributed by atoms with van der Waals surface area (Å²) >= 11 is 0. The topological polar surface area (TPSA) is 50.8 Å². The summed E-state index contributed by atoms with van der Waals surface area (Å²) in [5, 5.41) is 3.03. The van der Waals surface area contributed by atoms with Gasteiger partial charge in [-0.05, 0) is 25.1 Å². The molecule has 1 atom stereocenters. The van der Waals surface area contributed by atoms with Gasteiger partial charge < -0.3 is 19.7 Å². The van der Waals surface area contributed by atoms with E-state index < -0.39 is 0 Å². The molecule has 1 aromatic carbocycles. The molecule has 0 saturated carbocycles. The molecule has 104 valence electrons. The molecule has 1 fully saturated rings. The van der Waals surface area contributed by atoms with Gasteiger partial charge in [-0.2, -0.15) is 0 Å². The van der Waals surface area contributed by atoms with E-state index >= 15 is 0 Å². The number of nitrogens with one attached hydrogen (secondary N) is 1. The van der Waals surface area contributed by atoms with Crippen LogP contribution >= 0.6 is 0 Å². The third kappa shape index (κ3) is 2.98. The number of ether oxygens (including phenoxy) is 2. The Morgan fingerprint density at radius 1 is 1.53 bits per heavy atom. The summed E-state index contributed by atoms with van der Waals surface area (Å²) in [5.41, 5.74) is 1.51. The van der Waals surface area contributed by atoms with Gasteiger partial charge in [0, 0.05) is 25.7 Å². The van der Waals surface area contributed by atoms with Crippen molar-refractivity contribution in [2.45, 2.75) is 13.0 Å². The number of methoxy groups -OCH3 is 1. The first-order valence-corrected chi connectivity index (χ1v) is 6.42. The number of carbonyl (C=O) groups excluding carboxylic acids is 1. The van der Waals surface area contributed by atoms with Crippen LogP contribution in [-0.2, 0) is 4.74 Å². The molecule has 1 saturated heterocycles. The molecule has 0 aliphatic carbocycles. The molecule has 1 aromatic rings. The Morgan fingerprint density at radius 2 is 2.32 bits per heavy atom. The molecular weight excluding hydrogens is 244 g/mol. The zero-order chi connectivity index (χ0) is 13.8. The van der Waals surface area contributed by atoms with Crippen LogP contribution in [0.2, 0.25) is 0 Å². The quantitative estimate of drug-likeness (QED) is 0.901. The average molecular weight is 264 g/mol. The lowest BCUT2D eigenvalue weighted by atomic mass is 10.1. The summed E-state index contributed by atoms with van der Waals surface area (Å²) in [7, 11) is 3.42. The number of hydrogen-bond donors (Lipinski definition) is 1. The van der Waals surface area contributed by atoms with E-state index in [4.69, 9.17) is 9.47 Å². The van der Waals surface area contributed by atoms with Crippen LogP contribution in [0.1, 0.15) is 17.3 Å². The fourth-order valence-electron chi connectivity index (χ4n) is 2.22. The van der Waals surface area contributed by atoms with E-state index in [1.165, 1.54) is 0 Å². The highest BCUT2D eigenvalue weighted by Crippen LogP contribution is 2.25. The maximum absolute atomic E-state index is 12.4. The summed E-state index contributed by atoms with van der Waals surface area (Å²) in [6.45, 7) is 3.84. The molecule has 0 radical (unpaired) electrons. The number of amides is 1. The first kappa shape index (κ1) is 13.7. The van der Waals surface area contributed by atoms with Gasteiger partial charge in [-0.25, -0.2) is 0 Å². The van der Waals surface area contributed by atoms with Crippen LogP contribution in [0, 0.1) is 0 Å². The maximum Gasteiger partial charge on any atom is 0.254 e. The van der Waals surface area contributed by atoms with E-state index in [-0.39, 0.29) is 12.0 Å². The number of nitrogens with zero attached hydrogens (tertiary/aromatic N) is 1. The van der Waals surface area contributed by atoms with Gasteiger partial charge in [0.2, 0.25) is 0 Å². The van der Waals surface area contributed by atoms with E-state index in [9.17, 15) is 4.79 Å². The molecule has 1 aliphatic heterocycles. The summed E-state index contributed by atoms with van der Waals surface area (Å²) in [4.78, 5) is 14.2. The second kappa shape index (κ2) is 5.93. The molecule has 0 spiro atoms. The molecule has 1 amide bonds. The van der Waals surface area contributed by atoms with Crippen LogP contribution in [0.3, 0.4) is 0 Å². The van der Waals surface area contributed by atoms with Crippen molar-refractivity contribution in [3.8, 4) is 5.75 Å². The summed E-state index contributed by atoms with van der Waals surface area (Å²) < 4.78 is 10.7. The van der Waals surface area contributed by atoms with Crippen molar-refractivity contribution < 1.29 is 14.3 Å². The van der Waals surface area contributed by atoms with E-state index in [0.717, 1.165) is 5.69 Å². The number of anilines is 1. The standard InChI is InChI=1S/C14H20N2O3/c1-10-9-16(6-7-19-10)14(17)11-4-5-12(15-2)13(8-11)18-3/h4-5,8,10,15H,6-7,9H2,1-3H3. The fourth-order valence-corrected chi connectivity index (χ4v) is 2.22. The van der Waals surface area contributed by atoms with Crippen molar-refractivity contribution in [3.63, 3.8) is 0 Å². The number of benzene rings is 1. The maximum atomic E-state index is 12.4. The average Bonchev–Trinajstić information content (AvgIpc) is 2.45. The van der Waals surface area contributed by atoms with E-state index in [1.807, 2.05) is 31.0 Å². The van der Waals surface area contributed by atoms with Gasteiger partial charge in [-0.1, -0.05) is 0 Å². The minimum Gasteiger partial charge on any atom is -0.495 e. The van der Waals surface area contributed by atoms with Gasteiger partial charge in [-0.3, -0.25) is 4.79 Å². The molecule has 1 unspecified atom stereocenters. The van der Waals surface area contributed by atoms with Gasteiger partial charge in [0.05, 0.1) is 25.5 Å². The van der Waals surface area contributed by atoms with Crippen LogP contribution in [-0.4, -0.2) is 50.8 Å². The normalized spacial score (nSPS) is 19.1. The van der Waals surface area contributed by atoms with Crippen molar-refractivity contribution in [2.24, 2.45) is 0 Å². The minimum absolute atomic E-state index is 0.0242. The SMILES string of the molecule is CNc1ccc(C(=O)N2CCOC(C)C2)cc1OC. The van der Waals surface area contributed by atoms with Gasteiger partial charge in [0.25, 0.3) is 5.91 Å². The van der Waals surface area contributed by atoms with Gasteiger partial charge in [0.1, 0.15) is 5.75 Å². The molecule has 1 N–H and O–H groups in total. The molecule has 1 heterocycles. The summed E-state index contributed by atoms with van der Waals surface area (Å²) in [6, 6.07) is 5.45. The lowest BCUT2D eigenvalue weighted by Crippen LogP contribution is -2.44. The van der Waals surface area contributed by atoms with E-state index in [0.29, 0.717) is 31.0 Å². The lowest BCUT2D eigenvalue weighted by molar-refractivity contribution is -0.0124. The first-order chi connectivity index (χ1) is 9.15. The highest BCUT2D eigenvalue weighted by Gasteiger charge is 2.23. The fraction of sp³-hybridized carbons (Fsp3) is 0.500. The number of morpholine rings is 1. The molecular formula is C14H20N2O3. The molecule has 5 heteroatoms. The Balaban J connectivity index is 2.19. The summed E-state index contributed by atoms with van der Waals surface area (Å²) in [5.74, 6) is 0.700.